The highest BCUT2D eigenvalue weighted by molar-refractivity contribution is 5.71. The Labute approximate surface area is 217 Å². The lowest BCUT2D eigenvalue weighted by molar-refractivity contribution is 0.0362. The largest absolute Gasteiger partial charge is 0.490 e. The van der Waals surface area contributed by atoms with Gasteiger partial charge in [0.1, 0.15) is 28.9 Å². The SMILES string of the molecule is CC(C)(C)OC(=O)NC1CC(Oc2ccc(C(C)(C)c3ccc(Oc4ccc(C=O)nn4)cc3)cc2)C1. The van der Waals surface area contributed by atoms with Gasteiger partial charge in [0.15, 0.2) is 6.29 Å². The fourth-order valence-corrected chi connectivity index (χ4v) is 4.07. The summed E-state index contributed by atoms with van der Waals surface area (Å²) in [6, 6.07) is 19.2. The van der Waals surface area contributed by atoms with Gasteiger partial charge in [-0.25, -0.2) is 4.79 Å². The number of nitrogens with zero attached hydrogens (tertiary/aromatic N) is 2. The van der Waals surface area contributed by atoms with E-state index < -0.39 is 5.60 Å². The Kier molecular flexibility index (Phi) is 7.47. The van der Waals surface area contributed by atoms with Crippen LogP contribution in [0.15, 0.2) is 60.7 Å². The first kappa shape index (κ1) is 26.1. The fourth-order valence-electron chi connectivity index (χ4n) is 4.07. The number of ether oxygens (including phenoxy) is 3. The zero-order valence-corrected chi connectivity index (χ0v) is 21.9. The molecule has 1 saturated carbocycles. The van der Waals surface area contributed by atoms with E-state index in [1.807, 2.05) is 57.2 Å². The molecule has 1 amide bonds. The van der Waals surface area contributed by atoms with E-state index in [1.54, 1.807) is 12.1 Å². The Morgan fingerprint density at radius 1 is 0.865 bits per heavy atom. The first-order valence-electron chi connectivity index (χ1n) is 12.4. The number of hydrogen-bond donors (Lipinski definition) is 1. The second kappa shape index (κ2) is 10.6. The van der Waals surface area contributed by atoms with E-state index in [9.17, 15) is 9.59 Å². The summed E-state index contributed by atoms with van der Waals surface area (Å²) < 4.78 is 17.1. The van der Waals surface area contributed by atoms with Crippen LogP contribution in [0.4, 0.5) is 4.79 Å². The van der Waals surface area contributed by atoms with Gasteiger partial charge in [-0.2, -0.15) is 0 Å². The van der Waals surface area contributed by atoms with Gasteiger partial charge in [-0.1, -0.05) is 38.1 Å². The Balaban J connectivity index is 1.30. The first-order chi connectivity index (χ1) is 17.5. The van der Waals surface area contributed by atoms with Crippen molar-refractivity contribution in [2.24, 2.45) is 0 Å². The third-order valence-electron chi connectivity index (χ3n) is 6.27. The highest BCUT2D eigenvalue weighted by atomic mass is 16.6. The van der Waals surface area contributed by atoms with Gasteiger partial charge in [-0.3, -0.25) is 4.79 Å². The molecule has 1 aliphatic rings. The molecule has 0 atom stereocenters. The maximum Gasteiger partial charge on any atom is 0.407 e. The van der Waals surface area contributed by atoms with Crippen LogP contribution in [-0.4, -0.2) is 40.3 Å². The number of benzene rings is 2. The molecule has 1 aliphatic carbocycles. The van der Waals surface area contributed by atoms with Crippen LogP contribution < -0.4 is 14.8 Å². The van der Waals surface area contributed by atoms with Crippen LogP contribution in [0, 0.1) is 0 Å². The number of rotatable bonds is 8. The number of aromatic nitrogens is 2. The summed E-state index contributed by atoms with van der Waals surface area (Å²) in [4.78, 5) is 22.6. The van der Waals surface area contributed by atoms with Crippen LogP contribution >= 0.6 is 0 Å². The maximum absolute atomic E-state index is 11.9. The third kappa shape index (κ3) is 6.84. The minimum atomic E-state index is -0.504. The first-order valence-corrected chi connectivity index (χ1v) is 12.4. The van der Waals surface area contributed by atoms with Crippen molar-refractivity contribution in [3.63, 3.8) is 0 Å². The molecule has 8 nitrogen and oxygen atoms in total. The van der Waals surface area contributed by atoms with Crippen LogP contribution in [-0.2, 0) is 10.2 Å². The standard InChI is InChI=1S/C29H33N3O5/c1-28(2,3)37-27(34)30-22-16-25(17-22)35-23-11-6-19(7-12-23)29(4,5)20-8-13-24(14-9-20)36-26-15-10-21(18-33)31-32-26/h6-15,18,22,25H,16-17H2,1-5H3,(H,30,34). The average molecular weight is 504 g/mol. The molecule has 3 aromatic rings. The number of aldehydes is 1. The molecule has 1 aromatic heterocycles. The molecule has 4 rings (SSSR count). The van der Waals surface area contributed by atoms with Gasteiger partial charge >= 0.3 is 6.09 Å². The van der Waals surface area contributed by atoms with Gasteiger partial charge < -0.3 is 19.5 Å². The molecular formula is C29H33N3O5. The lowest BCUT2D eigenvalue weighted by Gasteiger charge is -2.36. The molecule has 0 aliphatic heterocycles. The van der Waals surface area contributed by atoms with Crippen molar-refractivity contribution in [1.29, 1.82) is 0 Å². The van der Waals surface area contributed by atoms with E-state index in [-0.39, 0.29) is 29.3 Å². The molecule has 37 heavy (non-hydrogen) atoms. The van der Waals surface area contributed by atoms with Crippen molar-refractivity contribution >= 4 is 12.4 Å². The molecule has 1 N–H and O–H groups in total. The molecular weight excluding hydrogens is 470 g/mol. The van der Waals surface area contributed by atoms with Crippen LogP contribution in [0.5, 0.6) is 17.4 Å². The fraction of sp³-hybridized carbons (Fsp3) is 0.379. The molecule has 0 unspecified atom stereocenters. The molecule has 0 radical (unpaired) electrons. The van der Waals surface area contributed by atoms with Crippen molar-refractivity contribution in [3.8, 4) is 17.4 Å². The van der Waals surface area contributed by atoms with Gasteiger partial charge in [0.25, 0.3) is 0 Å². The Morgan fingerprint density at radius 3 is 1.97 bits per heavy atom. The summed E-state index contributed by atoms with van der Waals surface area (Å²) in [7, 11) is 0. The van der Waals surface area contributed by atoms with E-state index in [0.29, 0.717) is 17.9 Å². The van der Waals surface area contributed by atoms with Crippen LogP contribution in [0.1, 0.15) is 69.1 Å². The van der Waals surface area contributed by atoms with Crippen LogP contribution in [0.2, 0.25) is 0 Å². The summed E-state index contributed by atoms with van der Waals surface area (Å²) >= 11 is 0. The van der Waals surface area contributed by atoms with Crippen molar-refractivity contribution in [2.45, 2.75) is 70.6 Å². The monoisotopic (exact) mass is 503 g/mol. The minimum absolute atomic E-state index is 0.0747. The predicted octanol–water partition coefficient (Wildman–Crippen LogP) is 5.84. The summed E-state index contributed by atoms with van der Waals surface area (Å²) in [5.74, 6) is 1.77. The van der Waals surface area contributed by atoms with Crippen LogP contribution in [0.25, 0.3) is 0 Å². The van der Waals surface area contributed by atoms with Gasteiger partial charge in [0, 0.05) is 30.4 Å². The van der Waals surface area contributed by atoms with E-state index in [4.69, 9.17) is 14.2 Å². The van der Waals surface area contributed by atoms with E-state index in [1.165, 1.54) is 0 Å². The highest BCUT2D eigenvalue weighted by Gasteiger charge is 2.33. The Hall–Kier alpha value is -3.94. The van der Waals surface area contributed by atoms with Gasteiger partial charge in [0.2, 0.25) is 5.88 Å². The molecule has 1 fully saturated rings. The summed E-state index contributed by atoms with van der Waals surface area (Å²) in [5, 5.41) is 10.6. The highest BCUT2D eigenvalue weighted by Crippen LogP contribution is 2.34. The van der Waals surface area contributed by atoms with Crippen molar-refractivity contribution < 1.29 is 23.8 Å². The zero-order chi connectivity index (χ0) is 26.6. The molecule has 0 saturated heterocycles. The summed E-state index contributed by atoms with van der Waals surface area (Å²) in [5.41, 5.74) is 1.80. The minimum Gasteiger partial charge on any atom is -0.490 e. The van der Waals surface area contributed by atoms with Gasteiger partial charge in [0.05, 0.1) is 0 Å². The second-order valence-corrected chi connectivity index (χ2v) is 10.7. The van der Waals surface area contributed by atoms with E-state index >= 15 is 0 Å². The van der Waals surface area contributed by atoms with E-state index in [2.05, 4.69) is 41.5 Å². The Morgan fingerprint density at radius 2 is 1.46 bits per heavy atom. The number of alkyl carbamates (subject to hydrolysis) is 1. The summed E-state index contributed by atoms with van der Waals surface area (Å²) in [6.45, 7) is 9.88. The lowest BCUT2D eigenvalue weighted by Crippen LogP contribution is -2.50. The quantitative estimate of drug-likeness (QED) is 0.385. The zero-order valence-electron chi connectivity index (χ0n) is 21.9. The number of hydrogen-bond acceptors (Lipinski definition) is 7. The molecule has 0 spiro atoms. The van der Waals surface area contributed by atoms with Crippen molar-refractivity contribution in [1.82, 2.24) is 15.5 Å². The molecule has 1 heterocycles. The van der Waals surface area contributed by atoms with Crippen molar-refractivity contribution in [3.05, 3.63) is 77.5 Å². The van der Waals surface area contributed by atoms with Gasteiger partial charge in [-0.05, 0) is 62.2 Å². The molecule has 0 bridgehead atoms. The Bertz CT molecular complexity index is 1210. The van der Waals surface area contributed by atoms with Crippen molar-refractivity contribution in [2.75, 3.05) is 0 Å². The van der Waals surface area contributed by atoms with Gasteiger partial charge in [-0.15, -0.1) is 10.2 Å². The topological polar surface area (TPSA) is 99.6 Å². The number of amides is 1. The third-order valence-corrected chi connectivity index (χ3v) is 6.27. The number of carbonyl (C=O) groups excluding carboxylic acids is 2. The van der Waals surface area contributed by atoms with E-state index in [0.717, 1.165) is 29.7 Å². The molecule has 2 aromatic carbocycles. The number of nitrogens with one attached hydrogen (secondary N) is 1. The van der Waals surface area contributed by atoms with Crippen LogP contribution in [0.3, 0.4) is 0 Å². The summed E-state index contributed by atoms with van der Waals surface area (Å²) in [6.07, 6.45) is 1.85. The second-order valence-electron chi connectivity index (χ2n) is 10.7. The predicted molar refractivity (Wildman–Crippen MR) is 139 cm³/mol. The smallest absolute Gasteiger partial charge is 0.407 e. The average Bonchev–Trinajstić information content (AvgIpc) is 2.83. The molecule has 194 valence electrons. The maximum atomic E-state index is 11.9. The number of carbonyl (C=O) groups is 2. The molecule has 8 heteroatoms. The lowest BCUT2D eigenvalue weighted by atomic mass is 9.78. The normalized spacial score (nSPS) is 17.3.